The highest BCUT2D eigenvalue weighted by Gasteiger charge is 2.82. The fourth-order valence-corrected chi connectivity index (χ4v) is 7.67. The molecule has 2 saturated heterocycles. The van der Waals surface area contributed by atoms with E-state index >= 15 is 0 Å². The lowest BCUT2D eigenvalue weighted by atomic mass is 9.39. The Morgan fingerprint density at radius 3 is 2.46 bits per heavy atom. The maximum absolute atomic E-state index is 12.4. The average molecular weight is 396 g/mol. The average Bonchev–Trinajstić information content (AvgIpc) is 2.92. The highest BCUT2D eigenvalue weighted by atomic mass is 16.7. The predicted molar refractivity (Wildman–Crippen MR) is 93.4 cm³/mol. The zero-order chi connectivity index (χ0) is 20.4. The standard InChI is InChI=1S/C20H28O8/c1-7-4-10(21)15(24)18(3)9(7)5-11-19-6-27-20(26,17(18)19)14(23)8(2)12(19)13(22)16(25)28-11/h8,10-15,17,21-24,26H,4-6H2,1-3H3. The minimum atomic E-state index is -1.98. The van der Waals surface area contributed by atoms with E-state index in [-0.39, 0.29) is 13.0 Å². The number of carbonyl (C=O) groups is 1. The summed E-state index contributed by atoms with van der Waals surface area (Å²) in [4.78, 5) is 12.4. The Hall–Kier alpha value is -1.03. The molecule has 8 nitrogen and oxygen atoms in total. The molecular formula is C20H28O8. The molecule has 5 rings (SSSR count). The van der Waals surface area contributed by atoms with E-state index in [1.165, 1.54) is 0 Å². The molecule has 2 bridgehead atoms. The van der Waals surface area contributed by atoms with E-state index in [4.69, 9.17) is 9.47 Å². The molecule has 28 heavy (non-hydrogen) atoms. The number of fused-ring (bicyclic) bond motifs is 1. The van der Waals surface area contributed by atoms with Crippen LogP contribution >= 0.6 is 0 Å². The molecule has 5 aliphatic rings. The van der Waals surface area contributed by atoms with E-state index < -0.39 is 70.9 Å². The highest BCUT2D eigenvalue weighted by Crippen LogP contribution is 2.73. The van der Waals surface area contributed by atoms with Gasteiger partial charge in [-0.15, -0.1) is 0 Å². The number of ether oxygens (including phenoxy) is 2. The smallest absolute Gasteiger partial charge is 0.335 e. The fraction of sp³-hybridized carbons (Fsp3) is 0.850. The summed E-state index contributed by atoms with van der Waals surface area (Å²) in [5.41, 5.74) is -0.349. The third-order valence-corrected chi connectivity index (χ3v) is 8.70. The second-order valence-electron chi connectivity index (χ2n) is 9.75. The molecule has 1 spiro atoms. The van der Waals surface area contributed by atoms with Crippen LogP contribution in [0.5, 0.6) is 0 Å². The topological polar surface area (TPSA) is 137 Å². The van der Waals surface area contributed by atoms with Crippen molar-refractivity contribution in [2.45, 2.75) is 69.9 Å². The monoisotopic (exact) mass is 396 g/mol. The Bertz CT molecular complexity index is 780. The second kappa shape index (κ2) is 5.36. The van der Waals surface area contributed by atoms with Gasteiger partial charge in [0.1, 0.15) is 12.2 Å². The summed E-state index contributed by atoms with van der Waals surface area (Å²) in [5, 5.41) is 54.9. The summed E-state index contributed by atoms with van der Waals surface area (Å²) in [5.74, 6) is -4.85. The number of carbonyl (C=O) groups excluding carboxylic acids is 1. The maximum atomic E-state index is 12.4. The summed E-state index contributed by atoms with van der Waals surface area (Å²) in [6.45, 7) is 5.34. The van der Waals surface area contributed by atoms with Crippen LogP contribution < -0.4 is 0 Å². The van der Waals surface area contributed by atoms with Crippen LogP contribution in [-0.4, -0.2) is 74.4 Å². The summed E-state index contributed by atoms with van der Waals surface area (Å²) in [7, 11) is 0. The molecule has 4 fully saturated rings. The number of hydrogen-bond acceptors (Lipinski definition) is 8. The lowest BCUT2D eigenvalue weighted by Crippen LogP contribution is -2.76. The molecule has 8 heteroatoms. The van der Waals surface area contributed by atoms with Crippen molar-refractivity contribution in [1.82, 2.24) is 0 Å². The normalized spacial score (nSPS) is 60.2. The van der Waals surface area contributed by atoms with Gasteiger partial charge in [0.05, 0.1) is 18.8 Å². The maximum Gasteiger partial charge on any atom is 0.335 e. The molecule has 2 saturated carbocycles. The van der Waals surface area contributed by atoms with Gasteiger partial charge >= 0.3 is 5.97 Å². The Morgan fingerprint density at radius 2 is 1.79 bits per heavy atom. The molecule has 2 heterocycles. The summed E-state index contributed by atoms with van der Waals surface area (Å²) in [6.07, 6.45) is -5.01. The fourth-order valence-electron chi connectivity index (χ4n) is 7.67. The van der Waals surface area contributed by atoms with Crippen LogP contribution in [0.2, 0.25) is 0 Å². The predicted octanol–water partition coefficient (Wildman–Crippen LogP) is -0.927. The van der Waals surface area contributed by atoms with Crippen molar-refractivity contribution >= 4 is 5.97 Å². The van der Waals surface area contributed by atoms with Crippen LogP contribution in [0.1, 0.15) is 33.6 Å². The molecule has 0 amide bonds. The number of aliphatic hydroxyl groups excluding tert-OH is 4. The number of hydrogen-bond donors (Lipinski definition) is 5. The van der Waals surface area contributed by atoms with Crippen LogP contribution in [0.25, 0.3) is 0 Å². The minimum absolute atomic E-state index is 0.0000269. The van der Waals surface area contributed by atoms with Crippen LogP contribution in [-0.2, 0) is 14.3 Å². The molecule has 0 aromatic rings. The van der Waals surface area contributed by atoms with E-state index in [9.17, 15) is 30.3 Å². The van der Waals surface area contributed by atoms with Gasteiger partial charge in [0.15, 0.2) is 11.9 Å². The van der Waals surface area contributed by atoms with Crippen molar-refractivity contribution in [3.63, 3.8) is 0 Å². The zero-order valence-electron chi connectivity index (χ0n) is 16.2. The first-order valence-corrected chi connectivity index (χ1v) is 9.99. The molecule has 0 aromatic heterocycles. The molecule has 11 atom stereocenters. The SMILES string of the molecule is CC1=C2CC3OC(=O)C(O)C4C(C)C(O)C5(O)OCC34C5C2(C)C(O)C(O)C1. The van der Waals surface area contributed by atoms with Gasteiger partial charge in [-0.05, 0) is 19.3 Å². The molecule has 5 N–H and O–H groups in total. The Labute approximate surface area is 162 Å². The van der Waals surface area contributed by atoms with Crippen molar-refractivity contribution in [2.24, 2.45) is 28.6 Å². The molecular weight excluding hydrogens is 368 g/mol. The van der Waals surface area contributed by atoms with Gasteiger partial charge in [-0.2, -0.15) is 0 Å². The van der Waals surface area contributed by atoms with Gasteiger partial charge in [-0.3, -0.25) is 0 Å². The largest absolute Gasteiger partial charge is 0.459 e. The molecule has 0 radical (unpaired) electrons. The molecule has 3 aliphatic carbocycles. The van der Waals surface area contributed by atoms with Gasteiger partial charge in [-0.1, -0.05) is 25.0 Å². The van der Waals surface area contributed by atoms with Gasteiger partial charge in [0.25, 0.3) is 0 Å². The van der Waals surface area contributed by atoms with Crippen LogP contribution in [0.4, 0.5) is 0 Å². The first-order chi connectivity index (χ1) is 13.0. The van der Waals surface area contributed by atoms with Crippen LogP contribution in [0.15, 0.2) is 11.1 Å². The third kappa shape index (κ3) is 1.77. The van der Waals surface area contributed by atoms with Crippen LogP contribution in [0.3, 0.4) is 0 Å². The van der Waals surface area contributed by atoms with E-state index in [0.29, 0.717) is 6.42 Å². The zero-order valence-corrected chi connectivity index (χ0v) is 16.2. The Kier molecular flexibility index (Phi) is 3.63. The van der Waals surface area contributed by atoms with E-state index in [1.807, 2.05) is 6.92 Å². The summed E-state index contributed by atoms with van der Waals surface area (Å²) in [6, 6.07) is 0. The Morgan fingerprint density at radius 1 is 1.11 bits per heavy atom. The molecule has 11 unspecified atom stereocenters. The lowest BCUT2D eigenvalue weighted by molar-refractivity contribution is -0.330. The first-order valence-electron chi connectivity index (χ1n) is 9.99. The van der Waals surface area contributed by atoms with Gasteiger partial charge in [0.2, 0.25) is 0 Å². The first kappa shape index (κ1) is 19.0. The molecule has 0 aromatic carbocycles. The van der Waals surface area contributed by atoms with Crippen molar-refractivity contribution in [2.75, 3.05) is 6.61 Å². The molecule has 2 aliphatic heterocycles. The number of rotatable bonds is 0. The van der Waals surface area contributed by atoms with E-state index in [1.54, 1.807) is 13.8 Å². The van der Waals surface area contributed by atoms with Gasteiger partial charge in [-0.25, -0.2) is 4.79 Å². The van der Waals surface area contributed by atoms with E-state index in [2.05, 4.69) is 0 Å². The lowest BCUT2D eigenvalue weighted by Gasteiger charge is -2.67. The number of esters is 1. The quantitative estimate of drug-likeness (QED) is 0.262. The minimum Gasteiger partial charge on any atom is -0.459 e. The van der Waals surface area contributed by atoms with Crippen molar-refractivity contribution in [3.05, 3.63) is 11.1 Å². The van der Waals surface area contributed by atoms with Crippen LogP contribution in [0, 0.1) is 28.6 Å². The highest BCUT2D eigenvalue weighted by molar-refractivity contribution is 5.77. The van der Waals surface area contributed by atoms with Gasteiger partial charge in [0, 0.05) is 29.1 Å². The Balaban J connectivity index is 1.81. The summed E-state index contributed by atoms with van der Waals surface area (Å²) < 4.78 is 11.5. The third-order valence-electron chi connectivity index (χ3n) is 8.70. The summed E-state index contributed by atoms with van der Waals surface area (Å²) >= 11 is 0. The van der Waals surface area contributed by atoms with E-state index in [0.717, 1.165) is 11.1 Å². The van der Waals surface area contributed by atoms with Gasteiger partial charge < -0.3 is 35.0 Å². The van der Waals surface area contributed by atoms with Crippen molar-refractivity contribution in [3.8, 4) is 0 Å². The van der Waals surface area contributed by atoms with Crippen molar-refractivity contribution in [1.29, 1.82) is 0 Å². The van der Waals surface area contributed by atoms with Crippen molar-refractivity contribution < 1.29 is 39.8 Å². The second-order valence-corrected chi connectivity index (χ2v) is 9.75. The molecule has 156 valence electrons. The number of aliphatic hydroxyl groups is 5.